The Morgan fingerprint density at radius 1 is 0.944 bits per heavy atom. The number of hydrogen-bond acceptors (Lipinski definition) is 7. The number of ether oxygens (including phenoxy) is 3. The molecule has 0 saturated carbocycles. The number of nitrogens with two attached hydrogens (primary N) is 1. The van der Waals surface area contributed by atoms with Gasteiger partial charge < -0.3 is 19.9 Å². The average molecular weight is 481 g/mol. The van der Waals surface area contributed by atoms with Crippen molar-refractivity contribution in [3.05, 3.63) is 84.4 Å². The van der Waals surface area contributed by atoms with Crippen molar-refractivity contribution < 1.29 is 19.0 Å². The van der Waals surface area contributed by atoms with E-state index in [4.69, 9.17) is 29.9 Å². The molecule has 0 aliphatic carbocycles. The fraction of sp³-hybridized carbons (Fsp3) is 0.179. The lowest BCUT2D eigenvalue weighted by Crippen LogP contribution is -2.18. The van der Waals surface area contributed by atoms with Gasteiger partial charge in [0.2, 0.25) is 0 Å². The second-order valence-electron chi connectivity index (χ2n) is 8.62. The van der Waals surface area contributed by atoms with Crippen LogP contribution in [0.15, 0.2) is 78.9 Å². The maximum Gasteiger partial charge on any atom is 0.344 e. The van der Waals surface area contributed by atoms with Gasteiger partial charge in [0.05, 0.1) is 17.1 Å². The molecular formula is C28H24N4O4. The number of rotatable bonds is 6. The standard InChI is InChI=1S/C28H24N4O4/c29-26-24(28(33)35-17-21-9-6-16-34-21)25-27(31-23-11-5-4-10-22(23)30-25)32(26)18-12-14-20(15-13-18)36-19-7-2-1-3-8-19/h1-5,7-8,10-15,21H,6,9,16-17,29H2/t21-/m0/s1. The molecule has 180 valence electrons. The molecule has 1 saturated heterocycles. The second-order valence-corrected chi connectivity index (χ2v) is 8.62. The molecule has 8 nitrogen and oxygen atoms in total. The minimum atomic E-state index is -0.541. The summed E-state index contributed by atoms with van der Waals surface area (Å²) in [5.74, 6) is 1.09. The molecule has 0 bridgehead atoms. The first kappa shape index (κ1) is 22.1. The number of benzene rings is 3. The molecular weight excluding hydrogens is 456 g/mol. The Morgan fingerprint density at radius 2 is 1.64 bits per heavy atom. The Bertz CT molecular complexity index is 1540. The van der Waals surface area contributed by atoms with E-state index in [1.807, 2.05) is 78.9 Å². The van der Waals surface area contributed by atoms with Gasteiger partial charge in [0.1, 0.15) is 35.0 Å². The van der Waals surface area contributed by atoms with Crippen LogP contribution in [0, 0.1) is 0 Å². The molecule has 5 aromatic rings. The Labute approximate surface area is 207 Å². The van der Waals surface area contributed by atoms with E-state index in [-0.39, 0.29) is 24.1 Å². The van der Waals surface area contributed by atoms with Crippen LogP contribution in [-0.2, 0) is 9.47 Å². The highest BCUT2D eigenvalue weighted by molar-refractivity contribution is 6.09. The number of fused-ring (bicyclic) bond motifs is 2. The van der Waals surface area contributed by atoms with Crippen LogP contribution in [-0.4, -0.2) is 39.8 Å². The zero-order chi connectivity index (χ0) is 24.5. The van der Waals surface area contributed by atoms with Crippen LogP contribution in [0.1, 0.15) is 23.2 Å². The Balaban J connectivity index is 1.41. The fourth-order valence-corrected chi connectivity index (χ4v) is 4.43. The average Bonchev–Trinajstić information content (AvgIpc) is 3.52. The number of carbonyl (C=O) groups is 1. The van der Waals surface area contributed by atoms with Crippen molar-refractivity contribution in [3.8, 4) is 17.2 Å². The third kappa shape index (κ3) is 4.12. The largest absolute Gasteiger partial charge is 0.459 e. The third-order valence-electron chi connectivity index (χ3n) is 6.20. The molecule has 0 amide bonds. The lowest BCUT2D eigenvalue weighted by molar-refractivity contribution is 0.0163. The van der Waals surface area contributed by atoms with Gasteiger partial charge in [-0.2, -0.15) is 0 Å². The maximum absolute atomic E-state index is 13.2. The fourth-order valence-electron chi connectivity index (χ4n) is 4.43. The number of nitrogens with zero attached hydrogens (tertiary/aromatic N) is 3. The van der Waals surface area contributed by atoms with E-state index in [9.17, 15) is 4.79 Å². The summed E-state index contributed by atoms with van der Waals surface area (Å²) < 4.78 is 18.8. The molecule has 2 N–H and O–H groups in total. The first-order valence-corrected chi connectivity index (χ1v) is 11.9. The molecule has 2 aromatic heterocycles. The van der Waals surface area contributed by atoms with Crippen molar-refractivity contribution in [3.63, 3.8) is 0 Å². The molecule has 8 heteroatoms. The lowest BCUT2D eigenvalue weighted by Gasteiger charge is -2.11. The van der Waals surface area contributed by atoms with Gasteiger partial charge in [0.15, 0.2) is 5.65 Å². The Kier molecular flexibility index (Phi) is 5.71. The van der Waals surface area contributed by atoms with Crippen LogP contribution >= 0.6 is 0 Å². The number of anilines is 1. The molecule has 1 aliphatic rings. The van der Waals surface area contributed by atoms with Gasteiger partial charge in [-0.25, -0.2) is 14.8 Å². The molecule has 1 fully saturated rings. The van der Waals surface area contributed by atoms with Crippen molar-refractivity contribution in [1.29, 1.82) is 0 Å². The summed E-state index contributed by atoms with van der Waals surface area (Å²) >= 11 is 0. The van der Waals surface area contributed by atoms with Gasteiger partial charge in [-0.05, 0) is 61.4 Å². The first-order valence-electron chi connectivity index (χ1n) is 11.9. The summed E-state index contributed by atoms with van der Waals surface area (Å²) in [4.78, 5) is 22.8. The van der Waals surface area contributed by atoms with Gasteiger partial charge in [0, 0.05) is 12.3 Å². The summed E-state index contributed by atoms with van der Waals surface area (Å²) in [6.07, 6.45) is 1.74. The van der Waals surface area contributed by atoms with Crippen LogP contribution in [0.5, 0.6) is 11.5 Å². The van der Waals surface area contributed by atoms with Gasteiger partial charge in [0.25, 0.3) is 0 Å². The number of para-hydroxylation sites is 3. The van der Waals surface area contributed by atoms with E-state index in [2.05, 4.69) is 0 Å². The number of carbonyl (C=O) groups excluding carboxylic acids is 1. The normalized spacial score (nSPS) is 15.4. The highest BCUT2D eigenvalue weighted by Crippen LogP contribution is 2.33. The molecule has 6 rings (SSSR count). The predicted octanol–water partition coefficient (Wildman–Crippen LogP) is 5.28. The van der Waals surface area contributed by atoms with Crippen molar-refractivity contribution in [2.45, 2.75) is 18.9 Å². The first-order chi connectivity index (χ1) is 17.7. The topological polar surface area (TPSA) is 101 Å². The quantitative estimate of drug-likeness (QED) is 0.330. The van der Waals surface area contributed by atoms with Gasteiger partial charge >= 0.3 is 5.97 Å². The van der Waals surface area contributed by atoms with Crippen molar-refractivity contribution in [1.82, 2.24) is 14.5 Å². The molecule has 3 aromatic carbocycles. The second kappa shape index (κ2) is 9.31. The van der Waals surface area contributed by atoms with Crippen LogP contribution < -0.4 is 10.5 Å². The van der Waals surface area contributed by atoms with Gasteiger partial charge in [-0.3, -0.25) is 4.57 Å². The summed E-state index contributed by atoms with van der Waals surface area (Å²) in [6, 6.07) is 24.5. The minimum absolute atomic E-state index is 0.0902. The number of nitrogen functional groups attached to an aromatic ring is 1. The van der Waals surface area contributed by atoms with E-state index in [1.165, 1.54) is 0 Å². The van der Waals surface area contributed by atoms with E-state index >= 15 is 0 Å². The predicted molar refractivity (Wildman–Crippen MR) is 137 cm³/mol. The van der Waals surface area contributed by atoms with E-state index in [1.54, 1.807) is 4.57 Å². The molecule has 1 atom stereocenters. The van der Waals surface area contributed by atoms with E-state index in [0.29, 0.717) is 34.6 Å². The number of aromatic nitrogens is 3. The summed E-state index contributed by atoms with van der Waals surface area (Å²) in [5.41, 5.74) is 9.74. The monoisotopic (exact) mass is 480 g/mol. The smallest absolute Gasteiger partial charge is 0.344 e. The van der Waals surface area contributed by atoms with E-state index in [0.717, 1.165) is 24.3 Å². The summed E-state index contributed by atoms with van der Waals surface area (Å²) in [7, 11) is 0. The zero-order valence-corrected chi connectivity index (χ0v) is 19.5. The number of esters is 1. The zero-order valence-electron chi connectivity index (χ0n) is 19.5. The van der Waals surface area contributed by atoms with Crippen LogP contribution in [0.4, 0.5) is 5.82 Å². The van der Waals surface area contributed by atoms with Crippen LogP contribution in [0.3, 0.4) is 0 Å². The molecule has 3 heterocycles. The molecule has 0 spiro atoms. The number of hydrogen-bond donors (Lipinski definition) is 1. The molecule has 0 radical (unpaired) electrons. The summed E-state index contributed by atoms with van der Waals surface area (Å²) in [5, 5.41) is 0. The van der Waals surface area contributed by atoms with Crippen molar-refractivity contribution in [2.24, 2.45) is 0 Å². The minimum Gasteiger partial charge on any atom is -0.459 e. The van der Waals surface area contributed by atoms with Crippen LogP contribution in [0.25, 0.3) is 27.9 Å². The SMILES string of the molecule is Nc1c(C(=O)OC[C@@H]2CCCO2)c2nc3ccccc3nc2n1-c1ccc(Oc2ccccc2)cc1. The van der Waals surface area contributed by atoms with E-state index < -0.39 is 5.97 Å². The van der Waals surface area contributed by atoms with Gasteiger partial charge in [-0.1, -0.05) is 30.3 Å². The van der Waals surface area contributed by atoms with Crippen molar-refractivity contribution >= 4 is 34.0 Å². The maximum atomic E-state index is 13.2. The third-order valence-corrected chi connectivity index (χ3v) is 6.20. The summed E-state index contributed by atoms with van der Waals surface area (Å²) in [6.45, 7) is 0.864. The molecule has 36 heavy (non-hydrogen) atoms. The Morgan fingerprint density at radius 3 is 2.36 bits per heavy atom. The van der Waals surface area contributed by atoms with Gasteiger partial charge in [-0.15, -0.1) is 0 Å². The van der Waals surface area contributed by atoms with Crippen LogP contribution in [0.2, 0.25) is 0 Å². The highest BCUT2D eigenvalue weighted by Gasteiger charge is 2.27. The molecule has 0 unspecified atom stereocenters. The van der Waals surface area contributed by atoms with Crippen molar-refractivity contribution in [2.75, 3.05) is 18.9 Å². The lowest BCUT2D eigenvalue weighted by atomic mass is 10.2. The highest BCUT2D eigenvalue weighted by atomic mass is 16.6. The molecule has 1 aliphatic heterocycles. The Hall–Kier alpha value is -4.43.